The SMILES string of the molecule is CC(C)O.CCCC[Si](O)(CCCC)CCCC.O.O.[Ti]. The van der Waals surface area contributed by atoms with Gasteiger partial charge in [0.2, 0.25) is 0 Å². The van der Waals surface area contributed by atoms with E-state index in [1.807, 2.05) is 0 Å². The maximum atomic E-state index is 10.5. The van der Waals surface area contributed by atoms with Gasteiger partial charge in [0.15, 0.2) is 8.32 Å². The van der Waals surface area contributed by atoms with Gasteiger partial charge in [0.05, 0.1) is 0 Å². The quantitative estimate of drug-likeness (QED) is 0.617. The first-order valence-corrected chi connectivity index (χ1v) is 10.4. The van der Waals surface area contributed by atoms with Gasteiger partial charge in [-0.05, 0) is 32.0 Å². The molecule has 0 aromatic heterocycles. The van der Waals surface area contributed by atoms with Crippen LogP contribution in [0.2, 0.25) is 18.1 Å². The standard InChI is InChI=1S/C12H28OSi.C3H8O.2H2O.Ti/c1-4-7-10-14(13,11-8-5-2)12-9-6-3;1-3(2)4;;;/h13H,4-12H2,1-3H3;3-4H,1-2H3;2*1H2;. The van der Waals surface area contributed by atoms with Crippen molar-refractivity contribution in [1.82, 2.24) is 0 Å². The zero-order chi connectivity index (χ0) is 14.4. The molecule has 0 aliphatic carbocycles. The first-order valence-electron chi connectivity index (χ1n) is 7.82. The van der Waals surface area contributed by atoms with Crippen LogP contribution >= 0.6 is 0 Å². The molecule has 6 heteroatoms. The average Bonchev–Trinajstić information content (AvgIpc) is 2.31. The van der Waals surface area contributed by atoms with Crippen molar-refractivity contribution in [2.45, 2.75) is 97.4 Å². The molecule has 0 unspecified atom stereocenters. The predicted octanol–water partition coefficient (Wildman–Crippen LogP) is 3.06. The summed E-state index contributed by atoms with van der Waals surface area (Å²) in [4.78, 5) is 10.5. The summed E-state index contributed by atoms with van der Waals surface area (Å²) in [7, 11) is -1.81. The molecule has 0 heterocycles. The number of hydrogen-bond donors (Lipinski definition) is 2. The Morgan fingerprint density at radius 1 is 0.762 bits per heavy atom. The first kappa shape index (κ1) is 33.4. The van der Waals surface area contributed by atoms with E-state index in [9.17, 15) is 4.80 Å². The molecule has 0 aliphatic heterocycles. The van der Waals surface area contributed by atoms with Crippen LogP contribution in [0.4, 0.5) is 0 Å². The number of aliphatic hydroxyl groups is 1. The Labute approximate surface area is 148 Å². The Balaban J connectivity index is -0.000000108. The van der Waals surface area contributed by atoms with Gasteiger partial charge in [-0.25, -0.2) is 0 Å². The molecule has 0 fully saturated rings. The summed E-state index contributed by atoms with van der Waals surface area (Å²) >= 11 is 0. The van der Waals surface area contributed by atoms with Gasteiger partial charge >= 0.3 is 0 Å². The summed E-state index contributed by atoms with van der Waals surface area (Å²) in [6, 6.07) is 3.43. The maximum absolute atomic E-state index is 10.5. The monoisotopic (exact) mass is 360 g/mol. The smallest absolute Gasteiger partial charge is 0.188 e. The van der Waals surface area contributed by atoms with E-state index in [-0.39, 0.29) is 38.8 Å². The van der Waals surface area contributed by atoms with Gasteiger partial charge in [-0.3, -0.25) is 0 Å². The van der Waals surface area contributed by atoms with Gasteiger partial charge < -0.3 is 20.9 Å². The molecule has 0 aromatic rings. The number of unbranched alkanes of at least 4 members (excludes halogenated alkanes) is 3. The normalized spacial score (nSPS) is 9.71. The Bertz CT molecular complexity index is 147. The third kappa shape index (κ3) is 29.4. The molecule has 0 atom stereocenters. The molecule has 0 radical (unpaired) electrons. The second kappa shape index (κ2) is 23.0. The van der Waals surface area contributed by atoms with Crippen molar-refractivity contribution in [2.75, 3.05) is 0 Å². The topological polar surface area (TPSA) is 103 Å². The molecule has 0 saturated carbocycles. The maximum Gasteiger partial charge on any atom is 0.188 e. The van der Waals surface area contributed by atoms with E-state index < -0.39 is 8.32 Å². The van der Waals surface area contributed by atoms with Crippen molar-refractivity contribution in [1.29, 1.82) is 0 Å². The van der Waals surface area contributed by atoms with Crippen LogP contribution in [0.5, 0.6) is 0 Å². The van der Waals surface area contributed by atoms with Crippen LogP contribution in [0.1, 0.15) is 73.1 Å². The van der Waals surface area contributed by atoms with Crippen LogP contribution in [-0.2, 0) is 21.7 Å². The van der Waals surface area contributed by atoms with E-state index in [2.05, 4.69) is 20.8 Å². The summed E-state index contributed by atoms with van der Waals surface area (Å²) < 4.78 is 0. The third-order valence-electron chi connectivity index (χ3n) is 2.99. The van der Waals surface area contributed by atoms with Crippen LogP contribution in [0, 0.1) is 0 Å². The van der Waals surface area contributed by atoms with Gasteiger partial charge in [-0.15, -0.1) is 0 Å². The summed E-state index contributed by atoms with van der Waals surface area (Å²) in [6.45, 7) is 10.1. The number of aliphatic hydroxyl groups excluding tert-OH is 1. The molecule has 132 valence electrons. The van der Waals surface area contributed by atoms with E-state index in [1.165, 1.54) is 38.5 Å². The molecule has 0 bridgehead atoms. The fourth-order valence-electron chi connectivity index (χ4n) is 1.89. The average molecular weight is 360 g/mol. The molecule has 0 amide bonds. The minimum absolute atomic E-state index is 0. The summed E-state index contributed by atoms with van der Waals surface area (Å²) in [6.07, 6.45) is 7.22. The fourth-order valence-corrected chi connectivity index (χ4v) is 5.68. The minimum atomic E-state index is -1.81. The first-order chi connectivity index (χ1) is 8.41. The summed E-state index contributed by atoms with van der Waals surface area (Å²) in [5, 5.41) is 8.06. The van der Waals surface area contributed by atoms with Gasteiger partial charge in [0, 0.05) is 27.8 Å². The Kier molecular flexibility index (Phi) is 36.6. The van der Waals surface area contributed by atoms with Crippen molar-refractivity contribution in [3.8, 4) is 0 Å². The number of rotatable bonds is 9. The summed E-state index contributed by atoms with van der Waals surface area (Å²) in [5.41, 5.74) is 0. The van der Waals surface area contributed by atoms with Gasteiger partial charge in [0.1, 0.15) is 0 Å². The summed E-state index contributed by atoms with van der Waals surface area (Å²) in [5.74, 6) is 0. The molecule has 4 nitrogen and oxygen atoms in total. The molecule has 0 rings (SSSR count). The van der Waals surface area contributed by atoms with Gasteiger partial charge in [-0.2, -0.15) is 0 Å². The van der Waals surface area contributed by atoms with E-state index in [0.717, 1.165) is 18.1 Å². The van der Waals surface area contributed by atoms with Crippen LogP contribution < -0.4 is 0 Å². The Morgan fingerprint density at radius 3 is 1.10 bits per heavy atom. The largest absolute Gasteiger partial charge is 0.432 e. The number of hydrogen-bond acceptors (Lipinski definition) is 2. The minimum Gasteiger partial charge on any atom is -0.432 e. The van der Waals surface area contributed by atoms with E-state index >= 15 is 0 Å². The Hall–Kier alpha value is 0.771. The molecule has 0 spiro atoms. The van der Waals surface area contributed by atoms with Crippen LogP contribution in [0.25, 0.3) is 0 Å². The molecular formula is C15H40O4SiTi. The van der Waals surface area contributed by atoms with Gasteiger partial charge in [-0.1, -0.05) is 59.3 Å². The van der Waals surface area contributed by atoms with E-state index in [0.29, 0.717) is 0 Å². The molecule has 0 aromatic carbocycles. The van der Waals surface area contributed by atoms with Crippen LogP contribution in [0.3, 0.4) is 0 Å². The zero-order valence-electron chi connectivity index (χ0n) is 14.8. The van der Waals surface area contributed by atoms with Crippen LogP contribution in [0.15, 0.2) is 0 Å². The van der Waals surface area contributed by atoms with Crippen molar-refractivity contribution < 1.29 is 42.6 Å². The van der Waals surface area contributed by atoms with Crippen molar-refractivity contribution in [3.63, 3.8) is 0 Å². The van der Waals surface area contributed by atoms with Crippen molar-refractivity contribution >= 4 is 8.32 Å². The predicted molar refractivity (Wildman–Crippen MR) is 91.7 cm³/mol. The molecule has 6 N–H and O–H groups in total. The van der Waals surface area contributed by atoms with E-state index in [4.69, 9.17) is 5.11 Å². The van der Waals surface area contributed by atoms with Gasteiger partial charge in [0.25, 0.3) is 0 Å². The second-order valence-corrected chi connectivity index (χ2v) is 9.58. The third-order valence-corrected chi connectivity index (χ3v) is 6.84. The van der Waals surface area contributed by atoms with E-state index in [1.54, 1.807) is 13.8 Å². The molecule has 21 heavy (non-hydrogen) atoms. The Morgan fingerprint density at radius 2 is 0.952 bits per heavy atom. The van der Waals surface area contributed by atoms with Crippen molar-refractivity contribution in [2.24, 2.45) is 0 Å². The zero-order valence-corrected chi connectivity index (χ0v) is 17.4. The van der Waals surface area contributed by atoms with Crippen molar-refractivity contribution in [3.05, 3.63) is 0 Å². The second-order valence-electron chi connectivity index (χ2n) is 5.63. The fraction of sp³-hybridized carbons (Fsp3) is 1.00. The van der Waals surface area contributed by atoms with Crippen LogP contribution in [-0.4, -0.2) is 35.3 Å². The molecule has 0 saturated heterocycles. The molecule has 0 aliphatic rings. The molecular weight excluding hydrogens is 320 g/mol.